The Balaban J connectivity index is 1.45. The predicted octanol–water partition coefficient (Wildman–Crippen LogP) is 5.10. The van der Waals surface area contributed by atoms with Crippen LogP contribution in [-0.2, 0) is 11.3 Å². The van der Waals surface area contributed by atoms with Crippen LogP contribution < -0.4 is 0 Å². The zero-order valence-electron chi connectivity index (χ0n) is 12.9. The first kappa shape index (κ1) is 15.5. The first-order valence-electron chi connectivity index (χ1n) is 7.55. The molecule has 0 saturated carbocycles. The van der Waals surface area contributed by atoms with Gasteiger partial charge in [0, 0.05) is 16.0 Å². The largest absolute Gasteiger partial charge is 0.450 e. The molecule has 0 radical (unpaired) electrons. The molecule has 0 aliphatic heterocycles. The van der Waals surface area contributed by atoms with Crippen molar-refractivity contribution >= 4 is 28.5 Å². The fourth-order valence-electron chi connectivity index (χ4n) is 2.43. The molecular formula is C19H12ClNO4. The highest BCUT2D eigenvalue weighted by Gasteiger charge is 2.16. The molecule has 0 unspecified atom stereocenters. The highest BCUT2D eigenvalue weighted by molar-refractivity contribution is 6.31. The lowest BCUT2D eigenvalue weighted by Gasteiger charge is -1.99. The highest BCUT2D eigenvalue weighted by Crippen LogP contribution is 2.24. The normalized spacial score (nSPS) is 10.9. The number of oxazole rings is 1. The van der Waals surface area contributed by atoms with Gasteiger partial charge in [0.2, 0.25) is 11.7 Å². The Morgan fingerprint density at radius 1 is 1.08 bits per heavy atom. The van der Waals surface area contributed by atoms with E-state index in [-0.39, 0.29) is 12.4 Å². The lowest BCUT2D eigenvalue weighted by Crippen LogP contribution is -2.03. The minimum Gasteiger partial charge on any atom is -0.450 e. The molecule has 2 aromatic heterocycles. The number of hydrogen-bond acceptors (Lipinski definition) is 5. The zero-order valence-corrected chi connectivity index (χ0v) is 13.7. The number of furan rings is 1. The van der Waals surface area contributed by atoms with Gasteiger partial charge in [-0.15, -0.1) is 0 Å². The molecule has 0 fully saturated rings. The van der Waals surface area contributed by atoms with Gasteiger partial charge in [-0.1, -0.05) is 41.9 Å². The van der Waals surface area contributed by atoms with Gasteiger partial charge >= 0.3 is 5.97 Å². The second-order valence-electron chi connectivity index (χ2n) is 5.35. The molecule has 0 saturated heterocycles. The summed E-state index contributed by atoms with van der Waals surface area (Å²) in [6.07, 6.45) is 1.60. The number of esters is 1. The van der Waals surface area contributed by atoms with Crippen LogP contribution in [0.3, 0.4) is 0 Å². The van der Waals surface area contributed by atoms with Crippen LogP contribution in [0.2, 0.25) is 5.02 Å². The number of carbonyl (C=O) groups excluding carboxylic acids is 1. The monoisotopic (exact) mass is 353 g/mol. The Morgan fingerprint density at radius 2 is 1.92 bits per heavy atom. The second kappa shape index (κ2) is 6.45. The van der Waals surface area contributed by atoms with Crippen LogP contribution in [0.4, 0.5) is 0 Å². The maximum atomic E-state index is 12.1. The van der Waals surface area contributed by atoms with Crippen molar-refractivity contribution in [1.82, 2.24) is 4.98 Å². The van der Waals surface area contributed by atoms with Crippen LogP contribution in [0.25, 0.3) is 22.3 Å². The van der Waals surface area contributed by atoms with E-state index in [1.165, 1.54) is 0 Å². The summed E-state index contributed by atoms with van der Waals surface area (Å²) in [5.41, 5.74) is 1.47. The first-order valence-corrected chi connectivity index (χ1v) is 7.93. The Bertz CT molecular complexity index is 1040. The van der Waals surface area contributed by atoms with Gasteiger partial charge < -0.3 is 13.6 Å². The smallest absolute Gasteiger partial charge is 0.374 e. The van der Waals surface area contributed by atoms with Gasteiger partial charge in [0.05, 0.1) is 6.20 Å². The number of aromatic nitrogens is 1. The molecular weight excluding hydrogens is 342 g/mol. The van der Waals surface area contributed by atoms with Gasteiger partial charge in [-0.2, -0.15) is 0 Å². The molecule has 0 spiro atoms. The van der Waals surface area contributed by atoms with Crippen LogP contribution in [0.1, 0.15) is 16.4 Å². The SMILES string of the molecule is O=C(OCc1ncc(-c2ccccc2)o1)c1cc2cc(Cl)ccc2o1. The lowest BCUT2D eigenvalue weighted by molar-refractivity contribution is 0.0405. The molecule has 2 heterocycles. The van der Waals surface area contributed by atoms with Gasteiger partial charge in [-0.25, -0.2) is 9.78 Å². The van der Waals surface area contributed by atoms with Crippen molar-refractivity contribution in [2.75, 3.05) is 0 Å². The summed E-state index contributed by atoms with van der Waals surface area (Å²) < 4.78 is 16.3. The summed E-state index contributed by atoms with van der Waals surface area (Å²) in [5.74, 6) is 0.440. The average molecular weight is 354 g/mol. The Morgan fingerprint density at radius 3 is 2.76 bits per heavy atom. The maximum Gasteiger partial charge on any atom is 0.374 e. The molecule has 5 nitrogen and oxygen atoms in total. The molecule has 4 rings (SSSR count). The Hall–Kier alpha value is -3.05. The van der Waals surface area contributed by atoms with Crippen molar-refractivity contribution in [3.05, 3.63) is 77.5 Å². The van der Waals surface area contributed by atoms with Crippen molar-refractivity contribution in [3.8, 4) is 11.3 Å². The van der Waals surface area contributed by atoms with E-state index in [1.54, 1.807) is 30.5 Å². The van der Waals surface area contributed by atoms with Gasteiger partial charge in [-0.05, 0) is 24.3 Å². The van der Waals surface area contributed by atoms with Crippen molar-refractivity contribution in [3.63, 3.8) is 0 Å². The van der Waals surface area contributed by atoms with Gasteiger partial charge in [0.15, 0.2) is 12.4 Å². The number of rotatable bonds is 4. The molecule has 2 aromatic carbocycles. The number of hydrogen-bond donors (Lipinski definition) is 0. The third kappa shape index (κ3) is 3.27. The number of benzene rings is 2. The lowest BCUT2D eigenvalue weighted by atomic mass is 10.2. The van der Waals surface area contributed by atoms with Crippen LogP contribution in [0.5, 0.6) is 0 Å². The van der Waals surface area contributed by atoms with E-state index in [0.717, 1.165) is 10.9 Å². The number of halogens is 1. The third-order valence-electron chi connectivity index (χ3n) is 3.62. The summed E-state index contributed by atoms with van der Waals surface area (Å²) in [6.45, 7) is -0.0799. The van der Waals surface area contributed by atoms with E-state index in [9.17, 15) is 4.79 Å². The van der Waals surface area contributed by atoms with Crippen LogP contribution in [0.15, 0.2) is 69.6 Å². The zero-order chi connectivity index (χ0) is 17.2. The summed E-state index contributed by atoms with van der Waals surface area (Å²) in [6, 6.07) is 16.3. The van der Waals surface area contributed by atoms with Crippen LogP contribution >= 0.6 is 11.6 Å². The number of nitrogens with zero attached hydrogens (tertiary/aromatic N) is 1. The predicted molar refractivity (Wildman–Crippen MR) is 92.3 cm³/mol. The van der Waals surface area contributed by atoms with Gasteiger partial charge in [0.1, 0.15) is 5.58 Å². The quantitative estimate of drug-likeness (QED) is 0.477. The van der Waals surface area contributed by atoms with Crippen molar-refractivity contribution in [2.45, 2.75) is 6.61 Å². The second-order valence-corrected chi connectivity index (χ2v) is 5.79. The fraction of sp³-hybridized carbons (Fsp3) is 0.0526. The van der Waals surface area contributed by atoms with Gasteiger partial charge in [0.25, 0.3) is 0 Å². The molecule has 0 N–H and O–H groups in total. The van der Waals surface area contributed by atoms with E-state index < -0.39 is 5.97 Å². The van der Waals surface area contributed by atoms with E-state index in [0.29, 0.717) is 22.3 Å². The van der Waals surface area contributed by atoms with E-state index >= 15 is 0 Å². The minimum absolute atomic E-state index is 0.0799. The molecule has 0 atom stereocenters. The van der Waals surface area contributed by atoms with Crippen molar-refractivity contribution in [1.29, 1.82) is 0 Å². The standard InChI is InChI=1S/C19H12ClNO4/c20-14-6-7-15-13(8-14)9-16(24-15)19(22)23-11-18-21-10-17(25-18)12-4-2-1-3-5-12/h1-10H,11H2. The molecule has 4 aromatic rings. The maximum absolute atomic E-state index is 12.1. The summed E-state index contributed by atoms with van der Waals surface area (Å²) in [7, 11) is 0. The topological polar surface area (TPSA) is 65.5 Å². The molecule has 0 bridgehead atoms. The Kier molecular flexibility index (Phi) is 3.99. The molecule has 0 aliphatic carbocycles. The van der Waals surface area contributed by atoms with Crippen molar-refractivity contribution in [2.24, 2.45) is 0 Å². The number of carbonyl (C=O) groups is 1. The van der Waals surface area contributed by atoms with E-state index in [1.807, 2.05) is 30.3 Å². The minimum atomic E-state index is -0.591. The molecule has 0 aliphatic rings. The first-order chi connectivity index (χ1) is 12.2. The average Bonchev–Trinajstić information content (AvgIpc) is 3.27. The highest BCUT2D eigenvalue weighted by atomic mass is 35.5. The van der Waals surface area contributed by atoms with E-state index in [2.05, 4.69) is 4.98 Å². The van der Waals surface area contributed by atoms with Crippen LogP contribution in [0, 0.1) is 0 Å². The number of ether oxygens (including phenoxy) is 1. The van der Waals surface area contributed by atoms with Crippen molar-refractivity contribution < 1.29 is 18.4 Å². The summed E-state index contributed by atoms with van der Waals surface area (Å²) >= 11 is 5.92. The van der Waals surface area contributed by atoms with E-state index in [4.69, 9.17) is 25.2 Å². The fourth-order valence-corrected chi connectivity index (χ4v) is 2.61. The summed E-state index contributed by atoms with van der Waals surface area (Å²) in [5, 5.41) is 1.31. The Labute approximate surface area is 147 Å². The third-order valence-corrected chi connectivity index (χ3v) is 3.85. The number of fused-ring (bicyclic) bond motifs is 1. The summed E-state index contributed by atoms with van der Waals surface area (Å²) in [4.78, 5) is 16.3. The molecule has 0 amide bonds. The molecule has 124 valence electrons. The molecule has 25 heavy (non-hydrogen) atoms. The molecule has 6 heteroatoms. The van der Waals surface area contributed by atoms with Crippen LogP contribution in [-0.4, -0.2) is 11.0 Å². The van der Waals surface area contributed by atoms with Gasteiger partial charge in [-0.3, -0.25) is 0 Å².